The predicted molar refractivity (Wildman–Crippen MR) is 132 cm³/mol. The van der Waals surface area contributed by atoms with Gasteiger partial charge >= 0.3 is 6.09 Å². The molecule has 9 nitrogen and oxygen atoms in total. The summed E-state index contributed by atoms with van der Waals surface area (Å²) >= 11 is 0. The monoisotopic (exact) mass is 463 g/mol. The van der Waals surface area contributed by atoms with E-state index in [1.165, 1.54) is 6.20 Å². The lowest BCUT2D eigenvalue weighted by atomic mass is 10.1. The molecule has 2 aromatic rings. The third-order valence-corrected chi connectivity index (χ3v) is 4.82. The van der Waals surface area contributed by atoms with Crippen molar-refractivity contribution < 1.29 is 14.3 Å². The van der Waals surface area contributed by atoms with Gasteiger partial charge in [-0.3, -0.25) is 9.36 Å². The normalized spacial score (nSPS) is 14.4. The highest BCUT2D eigenvalue weighted by atomic mass is 16.6. The molecule has 3 heterocycles. The van der Waals surface area contributed by atoms with Crippen LogP contribution >= 0.6 is 0 Å². The Kier molecular flexibility index (Phi) is 11.8. The Morgan fingerprint density at radius 2 is 1.76 bits per heavy atom. The number of alkyl carbamates (subject to hydrolysis) is 1. The molecule has 2 aromatic heterocycles. The molecule has 1 aliphatic rings. The van der Waals surface area contributed by atoms with E-state index in [-0.39, 0.29) is 17.7 Å². The van der Waals surface area contributed by atoms with Crippen LogP contribution in [-0.4, -0.2) is 63.9 Å². The first-order valence-electron chi connectivity index (χ1n) is 11.9. The minimum absolute atomic E-state index is 0.108. The molecule has 0 unspecified atom stereocenters. The molecule has 9 heteroatoms. The Bertz CT molecular complexity index is 915. The molecule has 1 aliphatic heterocycles. The SMILES string of the molecule is CC.CC.COc1ccc2ncc(=O)n(CCN3CCC(NC(=O)OC(C)(C)C)CC3)c2n1. The Labute approximate surface area is 197 Å². The van der Waals surface area contributed by atoms with E-state index >= 15 is 0 Å². The molecule has 3 rings (SSSR count). The summed E-state index contributed by atoms with van der Waals surface area (Å²) in [6.07, 6.45) is 2.65. The number of hydrogen-bond acceptors (Lipinski definition) is 7. The van der Waals surface area contributed by atoms with Crippen LogP contribution in [0.5, 0.6) is 5.88 Å². The van der Waals surface area contributed by atoms with Crippen LogP contribution in [0.1, 0.15) is 61.3 Å². The number of piperidine rings is 1. The second kappa shape index (κ2) is 13.8. The molecule has 0 atom stereocenters. The lowest BCUT2D eigenvalue weighted by molar-refractivity contribution is 0.0478. The summed E-state index contributed by atoms with van der Waals surface area (Å²) in [6.45, 7) is 16.5. The van der Waals surface area contributed by atoms with Crippen molar-refractivity contribution in [3.63, 3.8) is 0 Å². The number of fused-ring (bicyclic) bond motifs is 1. The fourth-order valence-corrected chi connectivity index (χ4v) is 3.37. The van der Waals surface area contributed by atoms with Gasteiger partial charge in [-0.2, -0.15) is 4.98 Å². The standard InChI is InChI=1S/C20H29N5O4.2C2H6/c1-20(2,3)29-19(27)22-14-7-9-24(10-8-14)11-12-25-17(26)13-21-15-5-6-16(28-4)23-18(15)25;2*1-2/h5-6,13-14H,7-12H2,1-4H3,(H,22,27);2*1-2H3. The second-order valence-electron chi connectivity index (χ2n) is 8.21. The number of ether oxygens (including phenoxy) is 2. The molecule has 1 fully saturated rings. The highest BCUT2D eigenvalue weighted by Gasteiger charge is 2.23. The van der Waals surface area contributed by atoms with Crippen LogP contribution in [0.15, 0.2) is 23.1 Å². The van der Waals surface area contributed by atoms with Crippen molar-refractivity contribution in [2.24, 2.45) is 0 Å². The van der Waals surface area contributed by atoms with Crippen molar-refractivity contribution >= 4 is 17.3 Å². The molecule has 0 spiro atoms. The van der Waals surface area contributed by atoms with E-state index < -0.39 is 5.60 Å². The maximum atomic E-state index is 12.3. The number of amides is 1. The summed E-state index contributed by atoms with van der Waals surface area (Å²) in [6, 6.07) is 3.63. The van der Waals surface area contributed by atoms with Crippen LogP contribution in [0, 0.1) is 0 Å². The lowest BCUT2D eigenvalue weighted by Gasteiger charge is -2.32. The second-order valence-corrected chi connectivity index (χ2v) is 8.21. The Hall–Kier alpha value is -2.68. The van der Waals surface area contributed by atoms with Crippen molar-refractivity contribution in [1.82, 2.24) is 24.8 Å². The van der Waals surface area contributed by atoms with E-state index in [0.29, 0.717) is 23.6 Å². The minimum atomic E-state index is -0.498. The van der Waals surface area contributed by atoms with E-state index in [1.807, 2.05) is 48.5 Å². The summed E-state index contributed by atoms with van der Waals surface area (Å²) in [4.78, 5) is 35.1. The van der Waals surface area contributed by atoms with Crippen LogP contribution in [0.3, 0.4) is 0 Å². The molecular formula is C24H41N5O4. The zero-order chi connectivity index (χ0) is 25.0. The zero-order valence-corrected chi connectivity index (χ0v) is 21.5. The highest BCUT2D eigenvalue weighted by Crippen LogP contribution is 2.15. The largest absolute Gasteiger partial charge is 0.481 e. The molecule has 0 saturated carbocycles. The van der Waals surface area contributed by atoms with E-state index in [9.17, 15) is 9.59 Å². The maximum Gasteiger partial charge on any atom is 0.407 e. The van der Waals surface area contributed by atoms with Gasteiger partial charge in [0.1, 0.15) is 11.1 Å². The van der Waals surface area contributed by atoms with Crippen molar-refractivity contribution in [3.05, 3.63) is 28.7 Å². The number of aromatic nitrogens is 3. The van der Waals surface area contributed by atoms with Crippen molar-refractivity contribution in [3.8, 4) is 5.88 Å². The number of nitrogens with one attached hydrogen (secondary N) is 1. The third-order valence-electron chi connectivity index (χ3n) is 4.82. The molecular weight excluding hydrogens is 422 g/mol. The number of likely N-dealkylation sites (tertiary alicyclic amines) is 1. The number of carbonyl (C=O) groups excluding carboxylic acids is 1. The summed E-state index contributed by atoms with van der Waals surface area (Å²) in [7, 11) is 1.54. The Morgan fingerprint density at radius 1 is 1.12 bits per heavy atom. The number of hydrogen-bond donors (Lipinski definition) is 1. The van der Waals surface area contributed by atoms with Gasteiger partial charge in [-0.15, -0.1) is 0 Å². The van der Waals surface area contributed by atoms with Crippen molar-refractivity contribution in [2.75, 3.05) is 26.7 Å². The van der Waals surface area contributed by atoms with Crippen LogP contribution in [0.2, 0.25) is 0 Å². The molecule has 0 bridgehead atoms. The Morgan fingerprint density at radius 3 is 2.33 bits per heavy atom. The first-order chi connectivity index (χ1) is 15.7. The van der Waals surface area contributed by atoms with Gasteiger partial charge in [0.15, 0.2) is 5.65 Å². The van der Waals surface area contributed by atoms with E-state index in [4.69, 9.17) is 9.47 Å². The molecule has 186 valence electrons. The Balaban J connectivity index is 0.00000129. The molecule has 0 aromatic carbocycles. The van der Waals surface area contributed by atoms with Gasteiger partial charge < -0.3 is 19.7 Å². The highest BCUT2D eigenvalue weighted by molar-refractivity contribution is 5.70. The van der Waals surface area contributed by atoms with Gasteiger partial charge in [-0.25, -0.2) is 9.78 Å². The summed E-state index contributed by atoms with van der Waals surface area (Å²) < 4.78 is 12.1. The fourth-order valence-electron chi connectivity index (χ4n) is 3.37. The fraction of sp³-hybridized carbons (Fsp3) is 0.667. The molecule has 1 N–H and O–H groups in total. The first-order valence-corrected chi connectivity index (χ1v) is 11.9. The molecule has 0 aliphatic carbocycles. The molecule has 0 radical (unpaired) electrons. The van der Waals surface area contributed by atoms with Gasteiger partial charge in [0, 0.05) is 38.3 Å². The molecule has 1 amide bonds. The van der Waals surface area contributed by atoms with E-state index in [1.54, 1.807) is 23.8 Å². The number of rotatable bonds is 5. The quantitative estimate of drug-likeness (QED) is 0.719. The average molecular weight is 464 g/mol. The average Bonchev–Trinajstić information content (AvgIpc) is 2.80. The zero-order valence-electron chi connectivity index (χ0n) is 21.5. The van der Waals surface area contributed by atoms with Gasteiger partial charge in [0.05, 0.1) is 13.3 Å². The van der Waals surface area contributed by atoms with Gasteiger partial charge in [-0.1, -0.05) is 27.7 Å². The number of nitrogens with zero attached hydrogens (tertiary/aromatic N) is 4. The lowest BCUT2D eigenvalue weighted by Crippen LogP contribution is -2.46. The predicted octanol–water partition coefficient (Wildman–Crippen LogP) is 3.84. The van der Waals surface area contributed by atoms with E-state index in [2.05, 4.69) is 20.2 Å². The van der Waals surface area contributed by atoms with Gasteiger partial charge in [-0.05, 0) is 39.7 Å². The minimum Gasteiger partial charge on any atom is -0.481 e. The molecule has 33 heavy (non-hydrogen) atoms. The van der Waals surface area contributed by atoms with Crippen molar-refractivity contribution in [2.45, 2.75) is 79.5 Å². The van der Waals surface area contributed by atoms with Gasteiger partial charge in [0.2, 0.25) is 5.88 Å². The summed E-state index contributed by atoms with van der Waals surface area (Å²) in [5.74, 6) is 0.452. The number of carbonyl (C=O) groups is 1. The first kappa shape index (κ1) is 28.4. The van der Waals surface area contributed by atoms with Crippen molar-refractivity contribution in [1.29, 1.82) is 0 Å². The summed E-state index contributed by atoms with van der Waals surface area (Å²) in [5.41, 5.74) is 0.506. The van der Waals surface area contributed by atoms with Gasteiger partial charge in [0.25, 0.3) is 5.56 Å². The number of pyridine rings is 1. The maximum absolute atomic E-state index is 12.3. The smallest absolute Gasteiger partial charge is 0.407 e. The topological polar surface area (TPSA) is 98.6 Å². The van der Waals surface area contributed by atoms with Crippen LogP contribution in [0.4, 0.5) is 4.79 Å². The summed E-state index contributed by atoms with van der Waals surface area (Å²) in [5, 5.41) is 2.94. The van der Waals surface area contributed by atoms with E-state index in [0.717, 1.165) is 32.5 Å². The van der Waals surface area contributed by atoms with Crippen LogP contribution < -0.4 is 15.6 Å². The van der Waals surface area contributed by atoms with Crippen LogP contribution in [-0.2, 0) is 11.3 Å². The number of methoxy groups -OCH3 is 1. The van der Waals surface area contributed by atoms with Crippen LogP contribution in [0.25, 0.3) is 11.2 Å². The third kappa shape index (κ3) is 9.00. The molecule has 1 saturated heterocycles.